The molecule has 25 heavy (non-hydrogen) atoms. The molecule has 0 N–H and O–H groups in total. The molecule has 2 aliphatic rings. The number of piperidine rings is 1. The number of likely N-dealkylation sites (tertiary alicyclic amines) is 1. The van der Waals surface area contributed by atoms with E-state index in [0.29, 0.717) is 51.2 Å². The molecule has 0 unspecified atom stereocenters. The molecule has 0 atom stereocenters. The SMILES string of the molecule is Cc1nnc(C2CCN(C(=O)CCS(=O)(=O)N3CCOCC3)CC2)o1. The highest BCUT2D eigenvalue weighted by Gasteiger charge is 2.29. The van der Waals surface area contributed by atoms with Crippen LogP contribution in [0.15, 0.2) is 4.42 Å². The second-order valence-electron chi connectivity index (χ2n) is 6.39. The molecule has 0 spiro atoms. The molecule has 1 amide bonds. The van der Waals surface area contributed by atoms with Gasteiger partial charge in [0, 0.05) is 45.4 Å². The number of nitrogens with zero attached hydrogens (tertiary/aromatic N) is 4. The number of morpholine rings is 1. The van der Waals surface area contributed by atoms with Crippen LogP contribution in [0.25, 0.3) is 0 Å². The van der Waals surface area contributed by atoms with Gasteiger partial charge in [0.1, 0.15) is 0 Å². The Kier molecular flexibility index (Phi) is 5.70. The predicted octanol–water partition coefficient (Wildman–Crippen LogP) is 0.136. The number of ether oxygens (including phenoxy) is 1. The van der Waals surface area contributed by atoms with Gasteiger partial charge in [-0.1, -0.05) is 0 Å². The quantitative estimate of drug-likeness (QED) is 0.723. The highest BCUT2D eigenvalue weighted by molar-refractivity contribution is 7.89. The lowest BCUT2D eigenvalue weighted by molar-refractivity contribution is -0.131. The number of aryl methyl sites for hydroxylation is 1. The van der Waals surface area contributed by atoms with E-state index in [1.54, 1.807) is 11.8 Å². The molecular formula is C15H24N4O5S. The first-order valence-electron chi connectivity index (χ1n) is 8.59. The van der Waals surface area contributed by atoms with Crippen LogP contribution in [0.5, 0.6) is 0 Å². The van der Waals surface area contributed by atoms with Crippen molar-refractivity contribution in [2.45, 2.75) is 32.1 Å². The number of hydrogen-bond acceptors (Lipinski definition) is 7. The van der Waals surface area contributed by atoms with Crippen LogP contribution in [-0.4, -0.2) is 78.9 Å². The maximum Gasteiger partial charge on any atom is 0.223 e. The van der Waals surface area contributed by atoms with Crippen molar-refractivity contribution in [1.29, 1.82) is 0 Å². The zero-order chi connectivity index (χ0) is 17.9. The van der Waals surface area contributed by atoms with Gasteiger partial charge >= 0.3 is 0 Å². The molecule has 2 saturated heterocycles. The van der Waals surface area contributed by atoms with E-state index in [-0.39, 0.29) is 24.0 Å². The average Bonchev–Trinajstić information content (AvgIpc) is 3.07. The fourth-order valence-corrected chi connectivity index (χ4v) is 4.58. The molecular weight excluding hydrogens is 348 g/mol. The first kappa shape index (κ1) is 18.3. The van der Waals surface area contributed by atoms with Crippen molar-refractivity contribution >= 4 is 15.9 Å². The maximum atomic E-state index is 12.3. The second-order valence-corrected chi connectivity index (χ2v) is 8.48. The maximum absolute atomic E-state index is 12.3. The first-order valence-corrected chi connectivity index (χ1v) is 10.2. The van der Waals surface area contributed by atoms with Gasteiger partial charge in [0.2, 0.25) is 27.7 Å². The Bertz CT molecular complexity index is 691. The molecule has 2 aliphatic heterocycles. The molecule has 0 aliphatic carbocycles. The van der Waals surface area contributed by atoms with E-state index in [2.05, 4.69) is 10.2 Å². The van der Waals surface area contributed by atoms with Gasteiger partial charge in [-0.3, -0.25) is 4.79 Å². The second kappa shape index (κ2) is 7.79. The number of amides is 1. The highest BCUT2D eigenvalue weighted by Crippen LogP contribution is 2.27. The topological polar surface area (TPSA) is 106 Å². The third-order valence-corrected chi connectivity index (χ3v) is 6.55. The number of hydrogen-bond donors (Lipinski definition) is 0. The van der Waals surface area contributed by atoms with Crippen molar-refractivity contribution in [3.05, 3.63) is 11.8 Å². The summed E-state index contributed by atoms with van der Waals surface area (Å²) in [6, 6.07) is 0. The Hall–Kier alpha value is -1.52. The van der Waals surface area contributed by atoms with Crippen LogP contribution in [0, 0.1) is 6.92 Å². The Morgan fingerprint density at radius 2 is 1.84 bits per heavy atom. The van der Waals surface area contributed by atoms with Crippen LogP contribution in [0.2, 0.25) is 0 Å². The van der Waals surface area contributed by atoms with Crippen molar-refractivity contribution < 1.29 is 22.4 Å². The number of carbonyl (C=O) groups excluding carboxylic acids is 1. The van der Waals surface area contributed by atoms with Crippen molar-refractivity contribution in [2.24, 2.45) is 0 Å². The Labute approximate surface area is 147 Å². The Morgan fingerprint density at radius 1 is 1.16 bits per heavy atom. The number of carbonyl (C=O) groups is 1. The van der Waals surface area contributed by atoms with Crippen LogP contribution < -0.4 is 0 Å². The number of aromatic nitrogens is 2. The Morgan fingerprint density at radius 3 is 2.44 bits per heavy atom. The summed E-state index contributed by atoms with van der Waals surface area (Å²) in [5.74, 6) is 1.08. The summed E-state index contributed by atoms with van der Waals surface area (Å²) in [6.07, 6.45) is 1.52. The average molecular weight is 372 g/mol. The summed E-state index contributed by atoms with van der Waals surface area (Å²) in [6.45, 7) is 4.48. The molecule has 3 heterocycles. The smallest absolute Gasteiger partial charge is 0.223 e. The third kappa shape index (κ3) is 4.56. The predicted molar refractivity (Wildman–Crippen MR) is 88.4 cm³/mol. The van der Waals surface area contributed by atoms with Crippen molar-refractivity contribution in [1.82, 2.24) is 19.4 Å². The summed E-state index contributed by atoms with van der Waals surface area (Å²) < 4.78 is 36.6. The summed E-state index contributed by atoms with van der Waals surface area (Å²) in [4.78, 5) is 14.1. The first-order chi connectivity index (χ1) is 12.0. The summed E-state index contributed by atoms with van der Waals surface area (Å²) in [5.41, 5.74) is 0. The van der Waals surface area contributed by atoms with Gasteiger partial charge < -0.3 is 14.1 Å². The van der Waals surface area contributed by atoms with E-state index in [1.807, 2.05) is 0 Å². The summed E-state index contributed by atoms with van der Waals surface area (Å²) in [7, 11) is -3.40. The molecule has 1 aromatic rings. The van der Waals surface area contributed by atoms with Crippen LogP contribution in [0.4, 0.5) is 0 Å². The van der Waals surface area contributed by atoms with Gasteiger partial charge in [-0.25, -0.2) is 8.42 Å². The van der Waals surface area contributed by atoms with E-state index in [0.717, 1.165) is 12.8 Å². The third-order valence-electron chi connectivity index (χ3n) is 4.68. The molecule has 0 bridgehead atoms. The minimum Gasteiger partial charge on any atom is -0.425 e. The lowest BCUT2D eigenvalue weighted by Crippen LogP contribution is -2.43. The van der Waals surface area contributed by atoms with Gasteiger partial charge in [0.15, 0.2) is 0 Å². The van der Waals surface area contributed by atoms with Crippen molar-refractivity contribution in [2.75, 3.05) is 45.1 Å². The van der Waals surface area contributed by atoms with Gasteiger partial charge in [0.05, 0.1) is 19.0 Å². The number of sulfonamides is 1. The molecule has 0 aromatic carbocycles. The van der Waals surface area contributed by atoms with Gasteiger partial charge in [-0.15, -0.1) is 10.2 Å². The Balaban J connectivity index is 1.46. The fourth-order valence-electron chi connectivity index (χ4n) is 3.18. The zero-order valence-corrected chi connectivity index (χ0v) is 15.2. The molecule has 0 radical (unpaired) electrons. The van der Waals surface area contributed by atoms with Crippen LogP contribution in [-0.2, 0) is 19.6 Å². The molecule has 2 fully saturated rings. The normalized spacial score (nSPS) is 20.8. The molecule has 10 heteroatoms. The number of rotatable bonds is 5. The van der Waals surface area contributed by atoms with E-state index in [9.17, 15) is 13.2 Å². The van der Waals surface area contributed by atoms with Crippen LogP contribution in [0.3, 0.4) is 0 Å². The monoisotopic (exact) mass is 372 g/mol. The van der Waals surface area contributed by atoms with Crippen LogP contribution in [0.1, 0.15) is 37.0 Å². The van der Waals surface area contributed by atoms with Crippen molar-refractivity contribution in [3.8, 4) is 0 Å². The standard InChI is InChI=1S/C15H24N4O5S/c1-12-16-17-15(24-12)13-2-5-18(6-3-13)14(20)4-11-25(21,22)19-7-9-23-10-8-19/h13H,2-11H2,1H3. The minimum atomic E-state index is -3.40. The van der Waals surface area contributed by atoms with Crippen molar-refractivity contribution in [3.63, 3.8) is 0 Å². The summed E-state index contributed by atoms with van der Waals surface area (Å²) >= 11 is 0. The van der Waals surface area contributed by atoms with Gasteiger partial charge in [-0.2, -0.15) is 4.31 Å². The molecule has 3 rings (SSSR count). The minimum absolute atomic E-state index is 0.0179. The van der Waals surface area contributed by atoms with E-state index in [1.165, 1.54) is 4.31 Å². The molecule has 9 nitrogen and oxygen atoms in total. The summed E-state index contributed by atoms with van der Waals surface area (Å²) in [5, 5.41) is 7.88. The van der Waals surface area contributed by atoms with Gasteiger partial charge in [0.25, 0.3) is 0 Å². The lowest BCUT2D eigenvalue weighted by atomic mass is 9.96. The largest absolute Gasteiger partial charge is 0.425 e. The molecule has 1 aromatic heterocycles. The van der Waals surface area contributed by atoms with E-state index < -0.39 is 10.0 Å². The zero-order valence-electron chi connectivity index (χ0n) is 14.4. The highest BCUT2D eigenvalue weighted by atomic mass is 32.2. The lowest BCUT2D eigenvalue weighted by Gasteiger charge is -2.31. The molecule has 140 valence electrons. The van der Waals surface area contributed by atoms with Gasteiger partial charge in [-0.05, 0) is 12.8 Å². The van der Waals surface area contributed by atoms with E-state index in [4.69, 9.17) is 9.15 Å². The van der Waals surface area contributed by atoms with E-state index >= 15 is 0 Å². The molecule has 0 saturated carbocycles. The van der Waals surface area contributed by atoms with Crippen LogP contribution >= 0.6 is 0 Å². The fraction of sp³-hybridized carbons (Fsp3) is 0.800.